The lowest BCUT2D eigenvalue weighted by atomic mass is 9.86. The highest BCUT2D eigenvalue weighted by atomic mass is 32.1. The Kier molecular flexibility index (Phi) is 5.59. The van der Waals surface area contributed by atoms with Crippen LogP contribution < -0.4 is 0 Å². The van der Waals surface area contributed by atoms with E-state index in [2.05, 4.69) is 20.1 Å². The zero-order valence-electron chi connectivity index (χ0n) is 16.0. The number of aromatic amines is 1. The van der Waals surface area contributed by atoms with Crippen molar-refractivity contribution in [1.82, 2.24) is 20.1 Å². The zero-order valence-corrected chi connectivity index (χ0v) is 16.8. The van der Waals surface area contributed by atoms with Crippen molar-refractivity contribution in [3.63, 3.8) is 0 Å². The van der Waals surface area contributed by atoms with Gasteiger partial charge in [-0.05, 0) is 50.9 Å². The largest absolute Gasteiger partial charge is 0.483 e. The molecule has 9 heteroatoms. The number of fused-ring (bicyclic) bond motifs is 4. The molecule has 0 aliphatic carbocycles. The topological polar surface area (TPSA) is 108 Å². The number of carbonyl (C=O) groups is 2. The third-order valence-electron chi connectivity index (χ3n) is 5.48. The minimum Gasteiger partial charge on any atom is -0.483 e. The number of hydrogen-bond acceptors (Lipinski definition) is 7. The molecule has 29 heavy (non-hydrogen) atoms. The summed E-state index contributed by atoms with van der Waals surface area (Å²) in [6, 6.07) is 5.91. The summed E-state index contributed by atoms with van der Waals surface area (Å²) in [6.45, 7) is 4.84. The molecule has 3 fully saturated rings. The molecule has 3 aliphatic rings. The van der Waals surface area contributed by atoms with E-state index < -0.39 is 0 Å². The van der Waals surface area contributed by atoms with Crippen LogP contribution in [0.15, 0.2) is 23.6 Å². The Bertz CT molecular complexity index is 1020. The zero-order chi connectivity index (χ0) is 20.4. The smallest absolute Gasteiger partial charge is 0.359 e. The van der Waals surface area contributed by atoms with E-state index in [0.29, 0.717) is 11.6 Å². The standard InChI is InChI=1S/C19H20N4O2S.CH2O2/c1-11-10-26-18(20-11)13-2-3-14-15(8-13)21-22-17(14)19(24)25-16-9-23-6-4-12(16)5-7-23;2-1-3/h2-3,8,10,12,16H,4-7,9H2,1H3,(H,21,22);1H,(H,2,3)/t16-;/m0./s1. The highest BCUT2D eigenvalue weighted by Gasteiger charge is 2.37. The average molecular weight is 414 g/mol. The molecule has 1 aromatic carbocycles. The lowest BCUT2D eigenvalue weighted by molar-refractivity contribution is -0.122. The number of aryl methyl sites for hydroxylation is 1. The van der Waals surface area contributed by atoms with Crippen LogP contribution in [-0.2, 0) is 9.53 Å². The maximum absolute atomic E-state index is 12.7. The lowest BCUT2D eigenvalue weighted by Gasteiger charge is -2.43. The Balaban J connectivity index is 0.000000645. The van der Waals surface area contributed by atoms with Gasteiger partial charge in [-0.3, -0.25) is 14.8 Å². The second kappa shape index (κ2) is 8.30. The predicted molar refractivity (Wildman–Crippen MR) is 109 cm³/mol. The molecule has 3 aromatic rings. The third-order valence-corrected chi connectivity index (χ3v) is 6.49. The van der Waals surface area contributed by atoms with Gasteiger partial charge in [-0.25, -0.2) is 9.78 Å². The molecule has 2 N–H and O–H groups in total. The van der Waals surface area contributed by atoms with E-state index in [1.807, 2.05) is 30.5 Å². The van der Waals surface area contributed by atoms with E-state index in [9.17, 15) is 4.79 Å². The van der Waals surface area contributed by atoms with Crippen molar-refractivity contribution in [2.24, 2.45) is 5.92 Å². The van der Waals surface area contributed by atoms with Gasteiger partial charge in [0.1, 0.15) is 11.1 Å². The van der Waals surface area contributed by atoms with Gasteiger partial charge in [0, 0.05) is 28.6 Å². The van der Waals surface area contributed by atoms with Crippen molar-refractivity contribution in [2.75, 3.05) is 19.6 Å². The Morgan fingerprint density at radius 1 is 1.38 bits per heavy atom. The van der Waals surface area contributed by atoms with Gasteiger partial charge in [0.15, 0.2) is 5.69 Å². The number of benzene rings is 1. The summed E-state index contributed by atoms with van der Waals surface area (Å²) in [5, 5.41) is 17.9. The van der Waals surface area contributed by atoms with Gasteiger partial charge in [0.2, 0.25) is 0 Å². The molecule has 5 heterocycles. The minimum absolute atomic E-state index is 0.00526. The minimum atomic E-state index is -0.326. The Morgan fingerprint density at radius 3 is 2.76 bits per heavy atom. The first-order chi connectivity index (χ1) is 14.1. The van der Waals surface area contributed by atoms with Crippen LogP contribution in [0.3, 0.4) is 0 Å². The van der Waals surface area contributed by atoms with Gasteiger partial charge in [-0.1, -0.05) is 6.07 Å². The number of carboxylic acid groups (broad SMARTS) is 1. The summed E-state index contributed by atoms with van der Waals surface area (Å²) in [4.78, 5) is 27.9. The third kappa shape index (κ3) is 4.01. The van der Waals surface area contributed by atoms with Gasteiger partial charge in [0.05, 0.1) is 5.52 Å². The van der Waals surface area contributed by atoms with E-state index in [0.717, 1.165) is 59.6 Å². The molecule has 2 aromatic heterocycles. The number of nitrogens with one attached hydrogen (secondary N) is 1. The highest BCUT2D eigenvalue weighted by molar-refractivity contribution is 7.13. The fraction of sp³-hybridized carbons (Fsp3) is 0.400. The molecule has 0 radical (unpaired) electrons. The fourth-order valence-corrected chi connectivity index (χ4v) is 4.83. The van der Waals surface area contributed by atoms with Crippen molar-refractivity contribution < 1.29 is 19.4 Å². The molecule has 0 amide bonds. The first-order valence-corrected chi connectivity index (χ1v) is 10.4. The van der Waals surface area contributed by atoms with E-state index in [1.54, 1.807) is 11.3 Å². The number of piperidine rings is 3. The number of carbonyl (C=O) groups excluding carboxylic acids is 1. The fourth-order valence-electron chi connectivity index (χ4n) is 4.03. The van der Waals surface area contributed by atoms with Crippen LogP contribution in [0.25, 0.3) is 21.5 Å². The van der Waals surface area contributed by atoms with Crippen LogP contribution in [0.1, 0.15) is 29.0 Å². The Labute approximate surface area is 171 Å². The number of aromatic nitrogens is 3. The molecule has 2 bridgehead atoms. The molecule has 0 spiro atoms. The van der Waals surface area contributed by atoms with E-state index in [1.165, 1.54) is 0 Å². The van der Waals surface area contributed by atoms with E-state index in [-0.39, 0.29) is 18.5 Å². The van der Waals surface area contributed by atoms with Crippen LogP contribution in [0.2, 0.25) is 0 Å². The molecule has 0 unspecified atom stereocenters. The lowest BCUT2D eigenvalue weighted by Crippen LogP contribution is -2.51. The normalized spacial score (nSPS) is 22.7. The van der Waals surface area contributed by atoms with Crippen LogP contribution in [0, 0.1) is 12.8 Å². The number of H-pyrrole nitrogens is 1. The molecule has 6 rings (SSSR count). The quantitative estimate of drug-likeness (QED) is 0.501. The monoisotopic (exact) mass is 414 g/mol. The van der Waals surface area contributed by atoms with Crippen LogP contribution in [0.5, 0.6) is 0 Å². The van der Waals surface area contributed by atoms with E-state index >= 15 is 0 Å². The van der Waals surface area contributed by atoms with Crippen molar-refractivity contribution >= 4 is 34.7 Å². The molecular formula is C20H22N4O4S. The number of esters is 1. The molecule has 0 saturated carbocycles. The van der Waals surface area contributed by atoms with Crippen molar-refractivity contribution in [3.05, 3.63) is 35.0 Å². The summed E-state index contributed by atoms with van der Waals surface area (Å²) >= 11 is 1.61. The van der Waals surface area contributed by atoms with Crippen molar-refractivity contribution in [2.45, 2.75) is 25.9 Å². The van der Waals surface area contributed by atoms with Gasteiger partial charge in [-0.15, -0.1) is 11.3 Å². The first-order valence-electron chi connectivity index (χ1n) is 9.51. The second-order valence-electron chi connectivity index (χ2n) is 7.31. The summed E-state index contributed by atoms with van der Waals surface area (Å²) in [5.41, 5.74) is 3.24. The molecular weight excluding hydrogens is 392 g/mol. The predicted octanol–water partition coefficient (Wildman–Crippen LogP) is 2.95. The molecule has 3 saturated heterocycles. The SMILES string of the molecule is Cc1csc(-c2ccc3c(C(=O)O[C@H]4CN5CCC4CC5)n[nH]c3c2)n1.O=CO. The van der Waals surface area contributed by atoms with Crippen LogP contribution >= 0.6 is 11.3 Å². The van der Waals surface area contributed by atoms with Crippen molar-refractivity contribution in [3.8, 4) is 10.6 Å². The molecule has 152 valence electrons. The highest BCUT2D eigenvalue weighted by Crippen LogP contribution is 2.31. The van der Waals surface area contributed by atoms with Gasteiger partial charge in [0.25, 0.3) is 6.47 Å². The number of thiazole rings is 1. The summed E-state index contributed by atoms with van der Waals surface area (Å²) in [7, 11) is 0. The number of hydrogen-bond donors (Lipinski definition) is 2. The molecule has 8 nitrogen and oxygen atoms in total. The summed E-state index contributed by atoms with van der Waals surface area (Å²) in [6.07, 6.45) is 2.24. The molecule has 1 atom stereocenters. The number of ether oxygens (including phenoxy) is 1. The Morgan fingerprint density at radius 2 is 2.14 bits per heavy atom. The average Bonchev–Trinajstić information content (AvgIpc) is 3.35. The van der Waals surface area contributed by atoms with Crippen molar-refractivity contribution in [1.29, 1.82) is 0 Å². The van der Waals surface area contributed by atoms with Gasteiger partial charge < -0.3 is 9.84 Å². The van der Waals surface area contributed by atoms with E-state index in [4.69, 9.17) is 14.6 Å². The number of nitrogens with zero attached hydrogens (tertiary/aromatic N) is 3. The maximum Gasteiger partial charge on any atom is 0.359 e. The Hall–Kier alpha value is -2.78. The number of rotatable bonds is 3. The molecule has 3 aliphatic heterocycles. The summed E-state index contributed by atoms with van der Waals surface area (Å²) in [5.74, 6) is 0.168. The first kappa shape index (κ1) is 19.5. The van der Waals surface area contributed by atoms with Crippen LogP contribution in [-0.4, -0.2) is 63.4 Å². The van der Waals surface area contributed by atoms with Gasteiger partial charge in [-0.2, -0.15) is 5.10 Å². The van der Waals surface area contributed by atoms with Gasteiger partial charge >= 0.3 is 5.97 Å². The summed E-state index contributed by atoms with van der Waals surface area (Å²) < 4.78 is 5.82. The second-order valence-corrected chi connectivity index (χ2v) is 8.17. The maximum atomic E-state index is 12.7. The van der Waals surface area contributed by atoms with Crippen LogP contribution in [0.4, 0.5) is 0 Å².